The number of aromatic carboxylic acids is 2. The summed E-state index contributed by atoms with van der Waals surface area (Å²) in [7, 11) is 0. The second-order valence-corrected chi connectivity index (χ2v) is 14.6. The summed E-state index contributed by atoms with van der Waals surface area (Å²) in [5.74, 6) is -7.33. The number of hydrogen-bond donors (Lipinski definition) is 4. The molecule has 0 heterocycles. The topological polar surface area (TPSA) is 142 Å². The Morgan fingerprint density at radius 3 is 1.68 bits per heavy atom. The molecule has 0 aromatic heterocycles. The van der Waals surface area contributed by atoms with E-state index in [0.717, 1.165) is 30.3 Å². The summed E-state index contributed by atoms with van der Waals surface area (Å²) in [4.78, 5) is 48.1. The zero-order valence-electron chi connectivity index (χ0n) is 30.3. The number of amides is 2. The third-order valence-electron chi connectivity index (χ3n) is 8.30. The first kappa shape index (κ1) is 45.6. The lowest BCUT2D eigenvalue weighted by Gasteiger charge is -2.13. The minimum absolute atomic E-state index is 0.0255. The maximum Gasteiger partial charge on any atom is 0.338 e. The highest BCUT2D eigenvalue weighted by atomic mass is 35.5. The molecular weight excluding hydrogens is 914 g/mol. The van der Waals surface area contributed by atoms with E-state index in [1.54, 1.807) is 48.5 Å². The first-order valence-electron chi connectivity index (χ1n) is 16.9. The van der Waals surface area contributed by atoms with Gasteiger partial charge < -0.3 is 25.6 Å². The maximum absolute atomic E-state index is 14.7. The van der Waals surface area contributed by atoms with Gasteiger partial charge in [0.05, 0.1) is 59.7 Å². The fourth-order valence-electron chi connectivity index (χ4n) is 5.59. The molecular formula is C42H25Cl6F3N2O7. The van der Waals surface area contributed by atoms with Gasteiger partial charge in [-0.2, -0.15) is 0 Å². The van der Waals surface area contributed by atoms with Crippen molar-refractivity contribution in [2.24, 2.45) is 0 Å². The summed E-state index contributed by atoms with van der Waals surface area (Å²) in [6, 6.07) is 22.7. The number of benzene rings is 6. The van der Waals surface area contributed by atoms with E-state index in [1.165, 1.54) is 18.2 Å². The lowest BCUT2D eigenvalue weighted by atomic mass is 10.0. The Balaban J connectivity index is 0.000000228. The normalized spacial score (nSPS) is 10.6. The SMILES string of the molecule is CCOc1cccc(-c2cc(F)c(NC(=O)c3c(Cl)ccc(Cl)c3C(=O)O)c(F)c2)c1.O=C(O)c1cc(Cl)c(Cl)cc1C(=O)Nc1c(F)cc(-c2ccccc2Cl)cc1Cl. The fraction of sp³-hybridized carbons (Fsp3) is 0.0476. The van der Waals surface area contributed by atoms with Crippen LogP contribution < -0.4 is 15.4 Å². The van der Waals surface area contributed by atoms with Crippen molar-refractivity contribution in [2.75, 3.05) is 17.2 Å². The highest BCUT2D eigenvalue weighted by Gasteiger charge is 2.26. The second kappa shape index (κ2) is 19.7. The lowest BCUT2D eigenvalue weighted by molar-refractivity contribution is 0.0683. The molecule has 6 aromatic rings. The number of carboxylic acid groups (broad SMARTS) is 2. The standard InChI is InChI=1S/C22H15Cl2F2NO4.C20H10Cl4FNO3/c1-2-31-13-5-3-4-11(8-13)12-9-16(25)20(17(26)10-12)27-21(28)18-14(23)6-7-15(24)19(18)22(29)30;21-13-4-2-1-3-10(13)9-5-16(24)18(17(25)6-9)26-19(27)11-7-14(22)15(23)8-12(11)20(28)29/h3-10H,2H2,1H3,(H,27,28)(H,29,30);1-8H,(H,26,27)(H,28,29). The molecule has 0 atom stereocenters. The summed E-state index contributed by atoms with van der Waals surface area (Å²) in [6.07, 6.45) is 0. The summed E-state index contributed by atoms with van der Waals surface area (Å²) < 4.78 is 49.5. The fourth-order valence-corrected chi connectivity index (χ4v) is 6.89. The van der Waals surface area contributed by atoms with Gasteiger partial charge >= 0.3 is 11.9 Å². The molecule has 60 heavy (non-hydrogen) atoms. The summed E-state index contributed by atoms with van der Waals surface area (Å²) >= 11 is 35.8. The average Bonchev–Trinajstić information content (AvgIpc) is 3.19. The molecule has 0 bridgehead atoms. The minimum atomic E-state index is -1.51. The van der Waals surface area contributed by atoms with Gasteiger partial charge in [0.2, 0.25) is 0 Å². The molecule has 0 aliphatic carbocycles. The summed E-state index contributed by atoms with van der Waals surface area (Å²) in [6.45, 7) is 2.24. The monoisotopic (exact) mass is 936 g/mol. The number of halogens is 9. The van der Waals surface area contributed by atoms with Crippen molar-refractivity contribution in [3.63, 3.8) is 0 Å². The number of anilines is 2. The first-order chi connectivity index (χ1) is 28.4. The van der Waals surface area contributed by atoms with Crippen LogP contribution in [0.4, 0.5) is 24.5 Å². The van der Waals surface area contributed by atoms with Crippen LogP contribution in [-0.2, 0) is 0 Å². The van der Waals surface area contributed by atoms with Gasteiger partial charge in [-0.05, 0) is 90.3 Å². The predicted octanol–water partition coefficient (Wildman–Crippen LogP) is 13.3. The zero-order valence-corrected chi connectivity index (χ0v) is 34.8. The van der Waals surface area contributed by atoms with Gasteiger partial charge in [0.1, 0.15) is 28.9 Å². The van der Waals surface area contributed by atoms with Crippen LogP contribution in [-0.4, -0.2) is 40.6 Å². The van der Waals surface area contributed by atoms with E-state index in [0.29, 0.717) is 34.1 Å². The van der Waals surface area contributed by atoms with Crippen LogP contribution in [0.15, 0.2) is 97.1 Å². The number of nitrogens with one attached hydrogen (secondary N) is 2. The average molecular weight is 939 g/mol. The maximum atomic E-state index is 14.7. The van der Waals surface area contributed by atoms with Crippen molar-refractivity contribution in [1.82, 2.24) is 0 Å². The lowest BCUT2D eigenvalue weighted by Crippen LogP contribution is -2.19. The van der Waals surface area contributed by atoms with E-state index < -0.39 is 58.0 Å². The molecule has 18 heteroatoms. The van der Waals surface area contributed by atoms with Gasteiger partial charge in [-0.3, -0.25) is 9.59 Å². The molecule has 0 aliphatic heterocycles. The Hall–Kier alpha value is -5.47. The number of rotatable bonds is 10. The van der Waals surface area contributed by atoms with Crippen LogP contribution >= 0.6 is 69.6 Å². The van der Waals surface area contributed by atoms with Crippen LogP contribution in [0.1, 0.15) is 48.4 Å². The van der Waals surface area contributed by atoms with E-state index in [4.69, 9.17) is 74.3 Å². The van der Waals surface area contributed by atoms with E-state index in [-0.39, 0.29) is 47.5 Å². The summed E-state index contributed by atoms with van der Waals surface area (Å²) in [5.41, 5.74) is -1.11. The third kappa shape index (κ3) is 10.5. The van der Waals surface area contributed by atoms with Crippen LogP contribution in [0.25, 0.3) is 22.3 Å². The molecule has 0 saturated carbocycles. The van der Waals surface area contributed by atoms with E-state index in [2.05, 4.69) is 5.32 Å². The molecule has 4 N–H and O–H groups in total. The molecule has 0 unspecified atom stereocenters. The molecule has 6 rings (SSSR count). The zero-order chi connectivity index (χ0) is 44.0. The number of carboxylic acids is 2. The molecule has 308 valence electrons. The van der Waals surface area contributed by atoms with Crippen LogP contribution in [0, 0.1) is 17.5 Å². The first-order valence-corrected chi connectivity index (χ1v) is 19.2. The predicted molar refractivity (Wildman–Crippen MR) is 228 cm³/mol. The highest BCUT2D eigenvalue weighted by molar-refractivity contribution is 6.43. The van der Waals surface area contributed by atoms with Crippen molar-refractivity contribution < 1.29 is 47.3 Å². The minimum Gasteiger partial charge on any atom is -0.494 e. The molecule has 0 saturated heterocycles. The Labute approximate surface area is 369 Å². The third-order valence-corrected chi connectivity index (χ3v) is 10.3. The Bertz CT molecular complexity index is 2650. The van der Waals surface area contributed by atoms with Crippen molar-refractivity contribution in [1.29, 1.82) is 0 Å². The second-order valence-electron chi connectivity index (χ2n) is 12.2. The molecule has 0 spiro atoms. The van der Waals surface area contributed by atoms with Crippen molar-refractivity contribution in [3.8, 4) is 28.0 Å². The molecule has 9 nitrogen and oxygen atoms in total. The van der Waals surface area contributed by atoms with Gasteiger partial charge in [-0.1, -0.05) is 99.9 Å². The van der Waals surface area contributed by atoms with E-state index >= 15 is 0 Å². The molecule has 0 aliphatic rings. The van der Waals surface area contributed by atoms with Gasteiger partial charge in [-0.25, -0.2) is 22.8 Å². The van der Waals surface area contributed by atoms with Gasteiger partial charge in [-0.15, -0.1) is 0 Å². The molecule has 0 radical (unpaired) electrons. The number of carbonyl (C=O) groups is 4. The Morgan fingerprint density at radius 2 is 1.10 bits per heavy atom. The van der Waals surface area contributed by atoms with E-state index in [9.17, 15) is 42.6 Å². The van der Waals surface area contributed by atoms with Gasteiger partial charge in [0.25, 0.3) is 11.8 Å². The Kier molecular flexibility index (Phi) is 15.0. The number of carbonyl (C=O) groups excluding carboxylic acids is 2. The molecule has 6 aromatic carbocycles. The van der Waals surface area contributed by atoms with E-state index in [1.807, 2.05) is 12.2 Å². The van der Waals surface area contributed by atoms with Gasteiger partial charge in [0, 0.05) is 10.6 Å². The van der Waals surface area contributed by atoms with Crippen molar-refractivity contribution >= 4 is 105 Å². The van der Waals surface area contributed by atoms with Crippen LogP contribution in [0.2, 0.25) is 30.1 Å². The largest absolute Gasteiger partial charge is 0.494 e. The molecule has 2 amide bonds. The van der Waals surface area contributed by atoms with Crippen molar-refractivity contribution in [3.05, 3.63) is 167 Å². The molecule has 0 fully saturated rings. The van der Waals surface area contributed by atoms with Crippen molar-refractivity contribution in [2.45, 2.75) is 6.92 Å². The van der Waals surface area contributed by atoms with Crippen LogP contribution in [0.5, 0.6) is 5.75 Å². The number of hydrogen-bond acceptors (Lipinski definition) is 5. The van der Waals surface area contributed by atoms with Gasteiger partial charge in [0.15, 0.2) is 0 Å². The van der Waals surface area contributed by atoms with Crippen LogP contribution in [0.3, 0.4) is 0 Å². The number of ether oxygens (including phenoxy) is 1. The highest BCUT2D eigenvalue weighted by Crippen LogP contribution is 2.36. The smallest absolute Gasteiger partial charge is 0.338 e. The summed E-state index contributed by atoms with van der Waals surface area (Å²) in [5, 5.41) is 22.7. The quantitative estimate of drug-likeness (QED) is 0.107. The Morgan fingerprint density at radius 1 is 0.533 bits per heavy atom.